The topological polar surface area (TPSA) is 55.0 Å². The van der Waals surface area contributed by atoms with Crippen molar-refractivity contribution in [2.75, 3.05) is 7.11 Å². The highest BCUT2D eigenvalue weighted by Crippen LogP contribution is 2.29. The van der Waals surface area contributed by atoms with E-state index < -0.39 is 5.92 Å². The average molecular weight is 374 g/mol. The van der Waals surface area contributed by atoms with Gasteiger partial charge in [0.05, 0.1) is 25.5 Å². The van der Waals surface area contributed by atoms with Crippen molar-refractivity contribution in [3.63, 3.8) is 0 Å². The lowest BCUT2D eigenvalue weighted by atomic mass is 9.95. The lowest BCUT2D eigenvalue weighted by Crippen LogP contribution is -2.14. The van der Waals surface area contributed by atoms with E-state index in [1.165, 1.54) is 23.6 Å². The first-order valence-electron chi connectivity index (χ1n) is 9.64. The molecule has 4 heteroatoms. The number of aryl methyl sites for hydroxylation is 2. The number of benzene rings is 2. The Hall–Kier alpha value is -3.06. The van der Waals surface area contributed by atoms with Gasteiger partial charge in [-0.3, -0.25) is 4.79 Å². The molecule has 0 bridgehead atoms. The van der Waals surface area contributed by atoms with Crippen molar-refractivity contribution in [2.45, 2.75) is 45.1 Å². The van der Waals surface area contributed by atoms with E-state index >= 15 is 0 Å². The highest BCUT2D eigenvalue weighted by Gasteiger charge is 2.22. The molecule has 0 amide bonds. The normalized spacial score (nSPS) is 13.1. The van der Waals surface area contributed by atoms with E-state index in [0.717, 1.165) is 24.0 Å². The van der Waals surface area contributed by atoms with Crippen LogP contribution < -0.4 is 0 Å². The number of nitrogens with zero attached hydrogens (tertiary/aromatic N) is 2. The molecule has 1 heterocycles. The number of nitriles is 1. The summed E-state index contributed by atoms with van der Waals surface area (Å²) < 4.78 is 7.16. The molecule has 0 aliphatic heterocycles. The van der Waals surface area contributed by atoms with Crippen LogP contribution in [0.5, 0.6) is 0 Å². The van der Waals surface area contributed by atoms with Crippen molar-refractivity contribution in [3.8, 4) is 6.07 Å². The Morgan fingerprint density at radius 3 is 2.61 bits per heavy atom. The van der Waals surface area contributed by atoms with E-state index in [9.17, 15) is 4.79 Å². The van der Waals surface area contributed by atoms with Crippen LogP contribution in [-0.4, -0.2) is 17.6 Å². The maximum absolute atomic E-state index is 12.1. The van der Waals surface area contributed by atoms with Crippen molar-refractivity contribution in [1.82, 2.24) is 4.57 Å². The van der Waals surface area contributed by atoms with Gasteiger partial charge in [0.15, 0.2) is 0 Å². The minimum absolute atomic E-state index is 0.114. The molecule has 0 saturated carbocycles. The second kappa shape index (κ2) is 8.75. The molecule has 0 spiro atoms. The average Bonchev–Trinajstić information content (AvgIpc) is 3.05. The first kappa shape index (κ1) is 19.7. The van der Waals surface area contributed by atoms with Gasteiger partial charge in [-0.2, -0.15) is 5.26 Å². The zero-order valence-corrected chi connectivity index (χ0v) is 16.7. The number of ether oxygens (including phenoxy) is 1. The van der Waals surface area contributed by atoms with Gasteiger partial charge in [0.25, 0.3) is 0 Å². The summed E-state index contributed by atoms with van der Waals surface area (Å²) in [4.78, 5) is 12.1. The SMILES string of the molecule is COC(=O)C(CC#N)c1ccc2c(C)cn(CCC(C)c3ccccc3)c2c1. The Morgan fingerprint density at radius 1 is 1.18 bits per heavy atom. The largest absolute Gasteiger partial charge is 0.469 e. The highest BCUT2D eigenvalue weighted by atomic mass is 16.5. The summed E-state index contributed by atoms with van der Waals surface area (Å²) in [5.74, 6) is -0.455. The number of hydrogen-bond acceptors (Lipinski definition) is 3. The van der Waals surface area contributed by atoms with Crippen molar-refractivity contribution in [1.29, 1.82) is 5.26 Å². The van der Waals surface area contributed by atoms with Crippen molar-refractivity contribution >= 4 is 16.9 Å². The number of hydrogen-bond donors (Lipinski definition) is 0. The van der Waals surface area contributed by atoms with E-state index in [1.807, 2.05) is 24.3 Å². The van der Waals surface area contributed by atoms with Crippen LogP contribution in [0.15, 0.2) is 54.7 Å². The van der Waals surface area contributed by atoms with Gasteiger partial charge in [0.2, 0.25) is 0 Å². The fourth-order valence-electron chi connectivity index (χ4n) is 3.75. The number of carbonyl (C=O) groups is 1. The molecule has 3 rings (SSSR count). The van der Waals surface area contributed by atoms with Crippen molar-refractivity contribution in [2.24, 2.45) is 0 Å². The zero-order chi connectivity index (χ0) is 20.1. The van der Waals surface area contributed by atoms with Crippen LogP contribution in [0.1, 0.15) is 48.3 Å². The molecular weight excluding hydrogens is 348 g/mol. The number of fused-ring (bicyclic) bond motifs is 1. The predicted octanol–water partition coefficient (Wildman–Crippen LogP) is 5.31. The van der Waals surface area contributed by atoms with E-state index in [0.29, 0.717) is 5.92 Å². The molecule has 0 fully saturated rings. The van der Waals surface area contributed by atoms with Crippen molar-refractivity contribution in [3.05, 3.63) is 71.4 Å². The van der Waals surface area contributed by atoms with E-state index in [-0.39, 0.29) is 12.4 Å². The highest BCUT2D eigenvalue weighted by molar-refractivity contribution is 5.86. The molecule has 28 heavy (non-hydrogen) atoms. The molecule has 0 N–H and O–H groups in total. The first-order chi connectivity index (χ1) is 13.5. The Labute approximate surface area is 166 Å². The summed E-state index contributed by atoms with van der Waals surface area (Å²) in [6.45, 7) is 5.25. The summed E-state index contributed by atoms with van der Waals surface area (Å²) in [6.07, 6.45) is 3.31. The van der Waals surface area contributed by atoms with Gasteiger partial charge in [-0.1, -0.05) is 49.4 Å². The van der Waals surface area contributed by atoms with Crippen LogP contribution in [0.25, 0.3) is 10.9 Å². The minimum Gasteiger partial charge on any atom is -0.469 e. The standard InChI is InChI=1S/C24H26N2O2/c1-17(19-7-5-4-6-8-19)12-14-26-16-18(2)21-10-9-20(15-23(21)26)22(11-13-25)24(27)28-3/h4-10,15-17,22H,11-12,14H2,1-3H3. The fourth-order valence-corrected chi connectivity index (χ4v) is 3.75. The number of methoxy groups -OCH3 is 1. The third-order valence-electron chi connectivity index (χ3n) is 5.46. The van der Waals surface area contributed by atoms with Gasteiger partial charge >= 0.3 is 5.97 Å². The lowest BCUT2D eigenvalue weighted by molar-refractivity contribution is -0.142. The molecule has 4 nitrogen and oxygen atoms in total. The molecular formula is C24H26N2O2. The molecule has 2 unspecified atom stereocenters. The maximum Gasteiger partial charge on any atom is 0.314 e. The number of rotatable bonds is 7. The Kier molecular flexibility index (Phi) is 6.16. The van der Waals surface area contributed by atoms with Gasteiger partial charge in [0.1, 0.15) is 0 Å². The number of esters is 1. The quantitative estimate of drug-likeness (QED) is 0.526. The smallest absolute Gasteiger partial charge is 0.314 e. The van der Waals surface area contributed by atoms with Crippen LogP contribution in [0.4, 0.5) is 0 Å². The van der Waals surface area contributed by atoms with E-state index in [2.05, 4.69) is 54.9 Å². The molecule has 0 radical (unpaired) electrons. The third kappa shape index (κ3) is 4.09. The lowest BCUT2D eigenvalue weighted by Gasteiger charge is -2.15. The molecule has 144 valence electrons. The summed E-state index contributed by atoms with van der Waals surface area (Å²) in [6, 6.07) is 18.7. The molecule has 2 atom stereocenters. The van der Waals surface area contributed by atoms with Crippen LogP contribution in [-0.2, 0) is 16.1 Å². The van der Waals surface area contributed by atoms with Crippen LogP contribution >= 0.6 is 0 Å². The molecule has 2 aromatic carbocycles. The molecule has 1 aromatic heterocycles. The third-order valence-corrected chi connectivity index (χ3v) is 5.46. The predicted molar refractivity (Wildman–Crippen MR) is 111 cm³/mol. The zero-order valence-electron chi connectivity index (χ0n) is 16.7. The first-order valence-corrected chi connectivity index (χ1v) is 9.64. The number of aromatic nitrogens is 1. The van der Waals surface area contributed by atoms with Crippen LogP contribution in [0, 0.1) is 18.3 Å². The molecule has 0 aliphatic rings. The maximum atomic E-state index is 12.1. The monoisotopic (exact) mass is 374 g/mol. The second-order valence-corrected chi connectivity index (χ2v) is 7.32. The van der Waals surface area contributed by atoms with Gasteiger partial charge in [-0.15, -0.1) is 0 Å². The fraction of sp³-hybridized carbons (Fsp3) is 0.333. The van der Waals surface area contributed by atoms with Crippen molar-refractivity contribution < 1.29 is 9.53 Å². The van der Waals surface area contributed by atoms with Crippen LogP contribution in [0.2, 0.25) is 0 Å². The summed E-state index contributed by atoms with van der Waals surface area (Å²) in [7, 11) is 1.36. The summed E-state index contributed by atoms with van der Waals surface area (Å²) >= 11 is 0. The Balaban J connectivity index is 1.88. The molecule has 0 aliphatic carbocycles. The van der Waals surface area contributed by atoms with Gasteiger partial charge in [0, 0.05) is 23.6 Å². The Morgan fingerprint density at radius 2 is 1.93 bits per heavy atom. The summed E-state index contributed by atoms with van der Waals surface area (Å²) in [5.41, 5.74) is 4.48. The summed E-state index contributed by atoms with van der Waals surface area (Å²) in [5, 5.41) is 10.3. The van der Waals surface area contributed by atoms with Gasteiger partial charge < -0.3 is 9.30 Å². The second-order valence-electron chi connectivity index (χ2n) is 7.32. The van der Waals surface area contributed by atoms with Gasteiger partial charge in [-0.25, -0.2) is 0 Å². The Bertz CT molecular complexity index is 999. The number of carbonyl (C=O) groups excluding carboxylic acids is 1. The minimum atomic E-state index is -0.550. The molecule has 3 aromatic rings. The molecule has 0 saturated heterocycles. The van der Waals surface area contributed by atoms with E-state index in [4.69, 9.17) is 10.00 Å². The van der Waals surface area contributed by atoms with Gasteiger partial charge in [-0.05, 0) is 42.0 Å². The van der Waals surface area contributed by atoms with Crippen LogP contribution in [0.3, 0.4) is 0 Å². The van der Waals surface area contributed by atoms with E-state index in [1.54, 1.807) is 0 Å².